The summed E-state index contributed by atoms with van der Waals surface area (Å²) in [6, 6.07) is 8.91. The van der Waals surface area contributed by atoms with Crippen LogP contribution in [0.25, 0.3) is 0 Å². The SMILES string of the molecule is CC(C)c1ccc(N2CCS(=N)CC2)cc1. The van der Waals surface area contributed by atoms with Crippen molar-refractivity contribution in [1.82, 2.24) is 0 Å². The molecule has 2 rings (SSSR count). The summed E-state index contributed by atoms with van der Waals surface area (Å²) < 4.78 is 7.72. The van der Waals surface area contributed by atoms with Gasteiger partial charge in [0, 0.05) is 30.3 Å². The number of hydrogen-bond acceptors (Lipinski definition) is 2. The lowest BCUT2D eigenvalue weighted by Crippen LogP contribution is -2.37. The van der Waals surface area contributed by atoms with Crippen molar-refractivity contribution in [3.05, 3.63) is 29.8 Å². The van der Waals surface area contributed by atoms with Gasteiger partial charge in [-0.3, -0.25) is 4.78 Å². The largest absolute Gasteiger partial charge is 0.370 e. The standard InChI is InChI=1S/C13H20N2S/c1-11(2)12-3-5-13(6-4-12)15-7-9-16(14)10-8-15/h3-6,11,14H,7-10H2,1-2H3. The molecule has 1 aliphatic heterocycles. The molecule has 0 saturated carbocycles. The first-order valence-electron chi connectivity index (χ1n) is 5.90. The van der Waals surface area contributed by atoms with Gasteiger partial charge in [0.2, 0.25) is 0 Å². The monoisotopic (exact) mass is 236 g/mol. The van der Waals surface area contributed by atoms with Crippen LogP contribution in [0, 0.1) is 4.78 Å². The molecule has 0 spiro atoms. The molecule has 1 fully saturated rings. The van der Waals surface area contributed by atoms with E-state index in [2.05, 4.69) is 43.0 Å². The number of rotatable bonds is 2. The summed E-state index contributed by atoms with van der Waals surface area (Å²) in [6.45, 7) is 6.55. The van der Waals surface area contributed by atoms with Gasteiger partial charge < -0.3 is 4.90 Å². The van der Waals surface area contributed by atoms with Crippen LogP contribution in [0.5, 0.6) is 0 Å². The minimum absolute atomic E-state index is 0.0881. The fraction of sp³-hybridized carbons (Fsp3) is 0.538. The van der Waals surface area contributed by atoms with Gasteiger partial charge in [-0.25, -0.2) is 0 Å². The molecule has 0 aromatic heterocycles. The van der Waals surface area contributed by atoms with Crippen LogP contribution < -0.4 is 4.90 Å². The van der Waals surface area contributed by atoms with E-state index in [1.165, 1.54) is 11.3 Å². The Labute approximate surface area is 101 Å². The molecule has 1 aromatic rings. The highest BCUT2D eigenvalue weighted by molar-refractivity contribution is 7.86. The molecule has 0 radical (unpaired) electrons. The van der Waals surface area contributed by atoms with Crippen LogP contribution in [0.3, 0.4) is 0 Å². The van der Waals surface area contributed by atoms with Gasteiger partial charge in [-0.2, -0.15) is 0 Å². The third-order valence-electron chi connectivity index (χ3n) is 3.14. The lowest BCUT2D eigenvalue weighted by atomic mass is 10.0. The van der Waals surface area contributed by atoms with E-state index in [1.54, 1.807) is 0 Å². The smallest absolute Gasteiger partial charge is 0.0366 e. The number of nitrogens with zero attached hydrogens (tertiary/aromatic N) is 1. The van der Waals surface area contributed by atoms with Crippen LogP contribution in [-0.4, -0.2) is 24.6 Å². The maximum Gasteiger partial charge on any atom is 0.0366 e. The summed E-state index contributed by atoms with van der Waals surface area (Å²) in [5.74, 6) is 2.67. The van der Waals surface area contributed by atoms with Crippen LogP contribution in [0.2, 0.25) is 0 Å². The molecule has 1 saturated heterocycles. The van der Waals surface area contributed by atoms with Gasteiger partial charge in [-0.05, 0) is 23.6 Å². The zero-order valence-electron chi connectivity index (χ0n) is 10.1. The fourth-order valence-electron chi connectivity index (χ4n) is 1.98. The molecule has 3 heteroatoms. The van der Waals surface area contributed by atoms with Crippen molar-refractivity contribution in [2.75, 3.05) is 29.5 Å². The minimum Gasteiger partial charge on any atom is -0.370 e. The van der Waals surface area contributed by atoms with Gasteiger partial charge in [0.15, 0.2) is 0 Å². The number of benzene rings is 1. The summed E-state index contributed by atoms with van der Waals surface area (Å²) in [4.78, 5) is 2.40. The molecule has 0 amide bonds. The van der Waals surface area contributed by atoms with Gasteiger partial charge in [-0.1, -0.05) is 26.0 Å². The highest BCUT2D eigenvalue weighted by Crippen LogP contribution is 2.21. The van der Waals surface area contributed by atoms with E-state index < -0.39 is 0 Å². The number of hydrogen-bond donors (Lipinski definition) is 1. The zero-order valence-corrected chi connectivity index (χ0v) is 10.9. The molecule has 1 aliphatic rings. The van der Waals surface area contributed by atoms with Crippen molar-refractivity contribution in [2.45, 2.75) is 19.8 Å². The molecule has 0 bridgehead atoms. The maximum atomic E-state index is 7.72. The summed E-state index contributed by atoms with van der Waals surface area (Å²) in [7, 11) is -0.0881. The molecule has 0 unspecified atom stereocenters. The summed E-state index contributed by atoms with van der Waals surface area (Å²) >= 11 is 0. The topological polar surface area (TPSA) is 27.1 Å². The van der Waals surface area contributed by atoms with E-state index >= 15 is 0 Å². The average Bonchev–Trinajstić information content (AvgIpc) is 2.30. The molecule has 0 atom stereocenters. The quantitative estimate of drug-likeness (QED) is 0.839. The Morgan fingerprint density at radius 3 is 2.19 bits per heavy atom. The second kappa shape index (κ2) is 5.00. The van der Waals surface area contributed by atoms with Crippen molar-refractivity contribution in [3.8, 4) is 0 Å². The Hall–Kier alpha value is -0.830. The highest BCUT2D eigenvalue weighted by atomic mass is 32.2. The second-order valence-corrected chi connectivity index (χ2v) is 6.44. The summed E-state index contributed by atoms with van der Waals surface area (Å²) in [5.41, 5.74) is 2.72. The fourth-order valence-corrected chi connectivity index (χ4v) is 3.07. The third-order valence-corrected chi connectivity index (χ3v) is 4.49. The first-order chi connectivity index (χ1) is 7.66. The molecule has 1 N–H and O–H groups in total. The van der Waals surface area contributed by atoms with Crippen molar-refractivity contribution >= 4 is 16.4 Å². The number of anilines is 1. The lowest BCUT2D eigenvalue weighted by Gasteiger charge is -2.29. The van der Waals surface area contributed by atoms with Gasteiger partial charge in [0.05, 0.1) is 0 Å². The van der Waals surface area contributed by atoms with Gasteiger partial charge in [0.25, 0.3) is 0 Å². The molecule has 1 aromatic carbocycles. The second-order valence-electron chi connectivity index (χ2n) is 4.63. The Morgan fingerprint density at radius 1 is 1.12 bits per heavy atom. The van der Waals surface area contributed by atoms with Crippen LogP contribution >= 0.6 is 0 Å². The molecule has 88 valence electrons. The van der Waals surface area contributed by atoms with E-state index in [-0.39, 0.29) is 10.7 Å². The van der Waals surface area contributed by atoms with Crippen molar-refractivity contribution in [1.29, 1.82) is 4.78 Å². The van der Waals surface area contributed by atoms with E-state index in [9.17, 15) is 0 Å². The van der Waals surface area contributed by atoms with Gasteiger partial charge >= 0.3 is 0 Å². The normalized spacial score (nSPS) is 18.1. The van der Waals surface area contributed by atoms with Crippen LogP contribution in [-0.2, 0) is 10.7 Å². The molecule has 1 heterocycles. The van der Waals surface area contributed by atoms with Crippen molar-refractivity contribution in [3.63, 3.8) is 0 Å². The Balaban J connectivity index is 2.07. The lowest BCUT2D eigenvalue weighted by molar-refractivity contribution is 0.844. The Kier molecular flexibility index (Phi) is 3.64. The highest BCUT2D eigenvalue weighted by Gasteiger charge is 2.13. The van der Waals surface area contributed by atoms with Crippen LogP contribution in [0.1, 0.15) is 25.3 Å². The first-order valence-corrected chi connectivity index (χ1v) is 7.47. The van der Waals surface area contributed by atoms with Crippen molar-refractivity contribution in [2.24, 2.45) is 0 Å². The number of nitrogens with one attached hydrogen (secondary N) is 1. The van der Waals surface area contributed by atoms with Crippen LogP contribution in [0.15, 0.2) is 24.3 Å². The van der Waals surface area contributed by atoms with Gasteiger partial charge in [-0.15, -0.1) is 10.7 Å². The summed E-state index contributed by atoms with van der Waals surface area (Å²) in [5, 5.41) is 0. The maximum absolute atomic E-state index is 7.72. The van der Waals surface area contributed by atoms with Crippen molar-refractivity contribution < 1.29 is 0 Å². The Morgan fingerprint density at radius 2 is 1.69 bits per heavy atom. The molecular weight excluding hydrogens is 216 g/mol. The Bertz CT molecular complexity index is 360. The van der Waals surface area contributed by atoms with Crippen LogP contribution in [0.4, 0.5) is 5.69 Å². The van der Waals surface area contributed by atoms with Gasteiger partial charge in [0.1, 0.15) is 0 Å². The molecular formula is C13H20N2S. The molecule has 0 aliphatic carbocycles. The van der Waals surface area contributed by atoms with E-state index in [1.807, 2.05) is 0 Å². The zero-order chi connectivity index (χ0) is 11.5. The first kappa shape index (κ1) is 11.6. The average molecular weight is 236 g/mol. The minimum atomic E-state index is -0.0881. The van der Waals surface area contributed by atoms with E-state index in [0.717, 1.165) is 24.6 Å². The predicted octanol–water partition coefficient (Wildman–Crippen LogP) is 3.01. The molecule has 2 nitrogen and oxygen atoms in total. The van der Waals surface area contributed by atoms with E-state index in [4.69, 9.17) is 4.78 Å². The molecule has 16 heavy (non-hydrogen) atoms. The van der Waals surface area contributed by atoms with E-state index in [0.29, 0.717) is 5.92 Å². The third kappa shape index (κ3) is 2.64. The predicted molar refractivity (Wildman–Crippen MR) is 72.6 cm³/mol. The summed E-state index contributed by atoms with van der Waals surface area (Å²) in [6.07, 6.45) is 0.